The largest absolute Gasteiger partial charge is 0.486 e. The molecule has 2 aliphatic rings. The van der Waals surface area contributed by atoms with E-state index in [1.54, 1.807) is 36.4 Å². The number of para-hydroxylation sites is 1. The maximum absolute atomic E-state index is 12.4. The molecule has 3 aromatic rings. The number of nitrogens with one attached hydrogen (secondary N) is 1. The lowest BCUT2D eigenvalue weighted by molar-refractivity contribution is 0.0312. The summed E-state index contributed by atoms with van der Waals surface area (Å²) in [6.07, 6.45) is -1.62. The number of hydrogen-bond acceptors (Lipinski definition) is 10. The van der Waals surface area contributed by atoms with E-state index in [2.05, 4.69) is 15.3 Å². The number of carbonyl (C=O) groups is 1. The number of aliphatic hydroxyl groups excluding tert-OH is 2. The van der Waals surface area contributed by atoms with Crippen LogP contribution in [0.25, 0.3) is 11.0 Å². The molecule has 11 heteroatoms. The lowest BCUT2D eigenvalue weighted by atomic mass is 10.1. The quantitative estimate of drug-likeness (QED) is 0.432. The third-order valence-corrected chi connectivity index (χ3v) is 5.94. The van der Waals surface area contributed by atoms with E-state index in [1.807, 2.05) is 0 Å². The minimum atomic E-state index is -0.972. The van der Waals surface area contributed by atoms with Gasteiger partial charge in [-0.3, -0.25) is 4.90 Å². The van der Waals surface area contributed by atoms with E-state index in [-0.39, 0.29) is 19.6 Å². The van der Waals surface area contributed by atoms with Gasteiger partial charge in [0.05, 0.1) is 42.7 Å². The van der Waals surface area contributed by atoms with Crippen LogP contribution in [0.5, 0.6) is 17.4 Å². The van der Waals surface area contributed by atoms with Crippen LogP contribution >= 0.6 is 0 Å². The van der Waals surface area contributed by atoms with Gasteiger partial charge in [0.15, 0.2) is 11.5 Å². The highest BCUT2D eigenvalue weighted by Crippen LogP contribution is 2.35. The van der Waals surface area contributed by atoms with E-state index < -0.39 is 24.4 Å². The van der Waals surface area contributed by atoms with Crippen molar-refractivity contribution in [1.82, 2.24) is 15.3 Å². The number of fused-ring (bicyclic) bond motifs is 2. The second kappa shape index (κ2) is 9.90. The Hall–Kier alpha value is -3.67. The number of benzene rings is 2. The molecule has 0 radical (unpaired) electrons. The number of cyclic esters (lactones) is 1. The summed E-state index contributed by atoms with van der Waals surface area (Å²) in [5.74, 6) is 1.55. The van der Waals surface area contributed by atoms with Crippen LogP contribution in [0, 0.1) is 0 Å². The molecule has 3 heterocycles. The molecule has 1 amide bonds. The van der Waals surface area contributed by atoms with Gasteiger partial charge in [0.1, 0.15) is 25.4 Å². The van der Waals surface area contributed by atoms with Crippen molar-refractivity contribution in [3.8, 4) is 17.4 Å². The standard InChI is InChI=1S/C24H26N4O7/c1-32-22-12-26-16-4-2-3-15(23(16)27-22)17(29)10-25-11-18(30)21-13-28(24(31)35-21)14-5-6-19-20(9-14)34-8-7-33-19/h2-6,9,12,17-18,21,25,29-30H,7-8,10-11,13H2,1H3/t17-,18?,21+/m1/s1. The lowest BCUT2D eigenvalue weighted by Gasteiger charge is -2.21. The zero-order valence-electron chi connectivity index (χ0n) is 19.1. The average Bonchev–Trinajstić information content (AvgIpc) is 3.29. The van der Waals surface area contributed by atoms with E-state index in [1.165, 1.54) is 18.2 Å². The van der Waals surface area contributed by atoms with Crippen LogP contribution < -0.4 is 24.4 Å². The molecule has 5 rings (SSSR count). The number of amides is 1. The maximum Gasteiger partial charge on any atom is 0.414 e. The molecule has 1 saturated heterocycles. The molecule has 0 saturated carbocycles. The van der Waals surface area contributed by atoms with Crippen LogP contribution in [-0.2, 0) is 4.74 Å². The van der Waals surface area contributed by atoms with Gasteiger partial charge in [-0.25, -0.2) is 14.8 Å². The van der Waals surface area contributed by atoms with Gasteiger partial charge in [0.25, 0.3) is 0 Å². The molecule has 1 fully saturated rings. The SMILES string of the molecule is COc1cnc2cccc([C@H](O)CNCC(O)[C@@H]3CN(c4ccc5c(c4)OCCO5)C(=O)O3)c2n1. The molecular weight excluding hydrogens is 456 g/mol. The third kappa shape index (κ3) is 4.78. The number of anilines is 1. The molecule has 3 atom stereocenters. The van der Waals surface area contributed by atoms with E-state index in [4.69, 9.17) is 18.9 Å². The van der Waals surface area contributed by atoms with Crippen molar-refractivity contribution >= 4 is 22.8 Å². The molecule has 184 valence electrons. The first-order valence-corrected chi connectivity index (χ1v) is 11.3. The summed E-state index contributed by atoms with van der Waals surface area (Å²) in [6.45, 7) is 1.38. The van der Waals surface area contributed by atoms with Crippen molar-refractivity contribution in [2.45, 2.75) is 18.3 Å². The van der Waals surface area contributed by atoms with Gasteiger partial charge >= 0.3 is 6.09 Å². The van der Waals surface area contributed by atoms with E-state index in [0.29, 0.717) is 52.9 Å². The summed E-state index contributed by atoms with van der Waals surface area (Å²) in [7, 11) is 1.50. The van der Waals surface area contributed by atoms with Crippen molar-refractivity contribution in [2.24, 2.45) is 0 Å². The fourth-order valence-corrected chi connectivity index (χ4v) is 4.11. The molecular formula is C24H26N4O7. The molecule has 11 nitrogen and oxygen atoms in total. The highest BCUT2D eigenvalue weighted by molar-refractivity contribution is 5.90. The highest BCUT2D eigenvalue weighted by atomic mass is 16.6. The van der Waals surface area contributed by atoms with E-state index >= 15 is 0 Å². The Bertz CT molecular complexity index is 1220. The Labute approximate surface area is 201 Å². The number of nitrogens with zero attached hydrogens (tertiary/aromatic N) is 3. The lowest BCUT2D eigenvalue weighted by Crippen LogP contribution is -2.40. The number of aromatic nitrogens is 2. The summed E-state index contributed by atoms with van der Waals surface area (Å²) in [5.41, 5.74) is 2.37. The maximum atomic E-state index is 12.4. The fraction of sp³-hybridized carbons (Fsp3) is 0.375. The van der Waals surface area contributed by atoms with Crippen molar-refractivity contribution < 1.29 is 34.0 Å². The highest BCUT2D eigenvalue weighted by Gasteiger charge is 2.37. The van der Waals surface area contributed by atoms with Gasteiger partial charge in [-0.1, -0.05) is 12.1 Å². The van der Waals surface area contributed by atoms with Crippen molar-refractivity contribution in [2.75, 3.05) is 44.9 Å². The monoisotopic (exact) mass is 482 g/mol. The van der Waals surface area contributed by atoms with Gasteiger partial charge < -0.3 is 34.5 Å². The predicted molar refractivity (Wildman–Crippen MR) is 125 cm³/mol. The van der Waals surface area contributed by atoms with Crippen LogP contribution in [-0.4, -0.2) is 78.4 Å². The average molecular weight is 482 g/mol. The minimum absolute atomic E-state index is 0.115. The van der Waals surface area contributed by atoms with Crippen LogP contribution in [0.15, 0.2) is 42.6 Å². The van der Waals surface area contributed by atoms with Gasteiger partial charge in [-0.15, -0.1) is 0 Å². The van der Waals surface area contributed by atoms with Gasteiger partial charge in [0.2, 0.25) is 5.88 Å². The third-order valence-electron chi connectivity index (χ3n) is 5.94. The smallest absolute Gasteiger partial charge is 0.414 e. The molecule has 0 spiro atoms. The van der Waals surface area contributed by atoms with Crippen molar-refractivity contribution in [3.63, 3.8) is 0 Å². The Morgan fingerprint density at radius 1 is 1.17 bits per heavy atom. The number of hydrogen-bond donors (Lipinski definition) is 3. The summed E-state index contributed by atoms with van der Waals surface area (Å²) in [5, 5.41) is 24.4. The topological polar surface area (TPSA) is 136 Å². The molecule has 1 aromatic heterocycles. The summed E-state index contributed by atoms with van der Waals surface area (Å²) >= 11 is 0. The van der Waals surface area contributed by atoms with Gasteiger partial charge in [-0.05, 0) is 18.2 Å². The Morgan fingerprint density at radius 2 is 2.00 bits per heavy atom. The van der Waals surface area contributed by atoms with Crippen LogP contribution in [0.3, 0.4) is 0 Å². The molecule has 2 aliphatic heterocycles. The molecule has 0 aliphatic carbocycles. The van der Waals surface area contributed by atoms with Crippen LogP contribution in [0.2, 0.25) is 0 Å². The Balaban J connectivity index is 1.18. The second-order valence-corrected chi connectivity index (χ2v) is 8.23. The molecule has 0 bridgehead atoms. The summed E-state index contributed by atoms with van der Waals surface area (Å²) in [4.78, 5) is 22.6. The van der Waals surface area contributed by atoms with Gasteiger partial charge in [0, 0.05) is 24.7 Å². The predicted octanol–water partition coefficient (Wildman–Crippen LogP) is 1.42. The first kappa shape index (κ1) is 23.1. The molecule has 2 aromatic carbocycles. The number of carbonyl (C=O) groups excluding carboxylic acids is 1. The van der Waals surface area contributed by atoms with Gasteiger partial charge in [-0.2, -0.15) is 0 Å². The molecule has 35 heavy (non-hydrogen) atoms. The van der Waals surface area contributed by atoms with Crippen LogP contribution in [0.4, 0.5) is 10.5 Å². The number of rotatable bonds is 8. The minimum Gasteiger partial charge on any atom is -0.486 e. The second-order valence-electron chi connectivity index (χ2n) is 8.23. The zero-order valence-corrected chi connectivity index (χ0v) is 19.1. The molecule has 1 unspecified atom stereocenters. The fourth-order valence-electron chi connectivity index (χ4n) is 4.11. The summed E-state index contributed by atoms with van der Waals surface area (Å²) < 4.78 is 21.6. The Morgan fingerprint density at radius 3 is 2.83 bits per heavy atom. The molecule has 3 N–H and O–H groups in total. The van der Waals surface area contributed by atoms with E-state index in [0.717, 1.165) is 0 Å². The van der Waals surface area contributed by atoms with E-state index in [9.17, 15) is 15.0 Å². The first-order valence-electron chi connectivity index (χ1n) is 11.3. The first-order chi connectivity index (χ1) is 17.0. The normalized spacial score (nSPS) is 18.9. The Kier molecular flexibility index (Phi) is 6.53. The number of aliphatic hydroxyl groups is 2. The number of methoxy groups -OCH3 is 1. The zero-order chi connectivity index (χ0) is 24.4. The van der Waals surface area contributed by atoms with Crippen molar-refractivity contribution in [1.29, 1.82) is 0 Å². The van der Waals surface area contributed by atoms with Crippen molar-refractivity contribution in [3.05, 3.63) is 48.2 Å². The van der Waals surface area contributed by atoms with Crippen LogP contribution in [0.1, 0.15) is 11.7 Å². The number of ether oxygens (including phenoxy) is 4. The summed E-state index contributed by atoms with van der Waals surface area (Å²) in [6, 6.07) is 10.6.